The second-order valence-electron chi connectivity index (χ2n) is 5.67. The minimum absolute atomic E-state index is 0.146. The highest BCUT2D eigenvalue weighted by Crippen LogP contribution is 2.15. The Hall–Kier alpha value is -2.19. The normalized spacial score (nSPS) is 18.8. The molecule has 132 valence electrons. The van der Waals surface area contributed by atoms with E-state index in [4.69, 9.17) is 9.47 Å². The summed E-state index contributed by atoms with van der Waals surface area (Å²) >= 11 is 0. The average molecular weight is 337 g/mol. The van der Waals surface area contributed by atoms with E-state index >= 15 is 0 Å². The first-order valence-corrected chi connectivity index (χ1v) is 7.85. The van der Waals surface area contributed by atoms with Gasteiger partial charge in [0, 0.05) is 24.8 Å². The van der Waals surface area contributed by atoms with Gasteiger partial charge in [-0.25, -0.2) is 4.98 Å². The Morgan fingerprint density at radius 3 is 3.08 bits per heavy atom. The van der Waals surface area contributed by atoms with Crippen LogP contribution < -0.4 is 10.1 Å². The van der Waals surface area contributed by atoms with Crippen molar-refractivity contribution in [2.24, 2.45) is 0 Å². The molecule has 2 atom stereocenters. The van der Waals surface area contributed by atoms with E-state index in [-0.39, 0.29) is 12.6 Å². The molecule has 0 aromatic carbocycles. The van der Waals surface area contributed by atoms with Gasteiger partial charge in [0.1, 0.15) is 0 Å². The van der Waals surface area contributed by atoms with Crippen LogP contribution in [-0.2, 0) is 20.9 Å². The molecule has 8 heteroatoms. The van der Waals surface area contributed by atoms with Gasteiger partial charge in [0.2, 0.25) is 5.88 Å². The molecule has 1 aliphatic rings. The smallest absolute Gasteiger partial charge is 0.312 e. The first kappa shape index (κ1) is 18.2. The summed E-state index contributed by atoms with van der Waals surface area (Å²) in [6, 6.07) is 3.19. The Morgan fingerprint density at radius 2 is 2.38 bits per heavy atom. The van der Waals surface area contributed by atoms with Crippen LogP contribution in [0.5, 0.6) is 5.88 Å². The van der Waals surface area contributed by atoms with Crippen molar-refractivity contribution in [3.63, 3.8) is 0 Å². The van der Waals surface area contributed by atoms with Crippen molar-refractivity contribution in [3.8, 4) is 5.88 Å². The Kier molecular flexibility index (Phi) is 6.51. The Morgan fingerprint density at radius 1 is 1.58 bits per heavy atom. The van der Waals surface area contributed by atoms with Gasteiger partial charge >= 0.3 is 11.8 Å². The van der Waals surface area contributed by atoms with Crippen LogP contribution >= 0.6 is 0 Å². The summed E-state index contributed by atoms with van der Waals surface area (Å²) in [6.07, 6.45) is 1.38. The number of carbonyl (C=O) groups is 2. The third kappa shape index (κ3) is 4.65. The van der Waals surface area contributed by atoms with Crippen LogP contribution in [0.25, 0.3) is 0 Å². The molecule has 1 aromatic rings. The second-order valence-corrected chi connectivity index (χ2v) is 5.67. The molecule has 1 aliphatic heterocycles. The summed E-state index contributed by atoms with van der Waals surface area (Å²) in [7, 11) is 1.49. The number of aliphatic hydroxyl groups is 1. The molecule has 1 saturated heterocycles. The number of carbonyl (C=O) groups excluding carboxylic acids is 2. The number of hydrogen-bond acceptors (Lipinski definition) is 6. The molecule has 0 bridgehead atoms. The fourth-order valence-electron chi connectivity index (χ4n) is 2.64. The third-order valence-corrected chi connectivity index (χ3v) is 3.78. The van der Waals surface area contributed by atoms with Crippen molar-refractivity contribution in [1.82, 2.24) is 15.2 Å². The number of amides is 2. The molecule has 8 nitrogen and oxygen atoms in total. The molecular formula is C16H23N3O5. The first-order valence-electron chi connectivity index (χ1n) is 7.85. The fraction of sp³-hybridized carbons (Fsp3) is 0.562. The van der Waals surface area contributed by atoms with Gasteiger partial charge in [-0.2, -0.15) is 0 Å². The summed E-state index contributed by atoms with van der Waals surface area (Å²) in [6.45, 7) is 2.82. The van der Waals surface area contributed by atoms with Crippen LogP contribution in [0.3, 0.4) is 0 Å². The fourth-order valence-corrected chi connectivity index (χ4v) is 2.64. The molecule has 0 spiro atoms. The highest BCUT2D eigenvalue weighted by atomic mass is 16.5. The number of aliphatic hydroxyl groups excluding tert-OH is 1. The van der Waals surface area contributed by atoms with Crippen LogP contribution in [0.4, 0.5) is 0 Å². The molecule has 2 N–H and O–H groups in total. The van der Waals surface area contributed by atoms with Gasteiger partial charge in [-0.15, -0.1) is 0 Å². The SMILES string of the molecule is COc1ncccc1CNC(=O)C(=O)N1CCOC[C@H]1C[C@@H](C)O. The lowest BCUT2D eigenvalue weighted by molar-refractivity contribution is -0.152. The number of morpholine rings is 1. The molecule has 2 amide bonds. The minimum Gasteiger partial charge on any atom is -0.481 e. The van der Waals surface area contributed by atoms with Crippen molar-refractivity contribution in [2.75, 3.05) is 26.9 Å². The van der Waals surface area contributed by atoms with Crippen molar-refractivity contribution in [2.45, 2.75) is 32.0 Å². The van der Waals surface area contributed by atoms with Gasteiger partial charge in [-0.1, -0.05) is 6.07 Å². The zero-order valence-electron chi connectivity index (χ0n) is 13.9. The zero-order valence-corrected chi connectivity index (χ0v) is 13.9. The van der Waals surface area contributed by atoms with Crippen LogP contribution in [0.2, 0.25) is 0 Å². The van der Waals surface area contributed by atoms with Crippen molar-refractivity contribution in [1.29, 1.82) is 0 Å². The van der Waals surface area contributed by atoms with Gasteiger partial charge in [-0.3, -0.25) is 9.59 Å². The summed E-state index contributed by atoms with van der Waals surface area (Å²) in [5.41, 5.74) is 0.684. The largest absolute Gasteiger partial charge is 0.481 e. The molecule has 0 unspecified atom stereocenters. The van der Waals surface area contributed by atoms with E-state index in [0.717, 1.165) is 0 Å². The number of nitrogens with zero attached hydrogens (tertiary/aromatic N) is 2. The van der Waals surface area contributed by atoms with Crippen molar-refractivity contribution < 1.29 is 24.2 Å². The van der Waals surface area contributed by atoms with Gasteiger partial charge in [0.15, 0.2) is 0 Å². The van der Waals surface area contributed by atoms with Gasteiger partial charge < -0.3 is 24.8 Å². The number of methoxy groups -OCH3 is 1. The highest BCUT2D eigenvalue weighted by molar-refractivity contribution is 6.35. The first-order chi connectivity index (χ1) is 11.5. The molecule has 0 saturated carbocycles. The van der Waals surface area contributed by atoms with E-state index in [1.807, 2.05) is 0 Å². The molecule has 0 aliphatic carbocycles. The Balaban J connectivity index is 1.96. The number of hydrogen-bond donors (Lipinski definition) is 2. The summed E-state index contributed by atoms with van der Waals surface area (Å²) in [5.74, 6) is -0.909. The van der Waals surface area contributed by atoms with Crippen molar-refractivity contribution in [3.05, 3.63) is 23.9 Å². The Bertz CT molecular complexity index is 579. The maximum absolute atomic E-state index is 12.4. The number of pyridine rings is 1. The summed E-state index contributed by atoms with van der Waals surface area (Å²) in [5, 5.41) is 12.1. The van der Waals surface area contributed by atoms with Crippen LogP contribution in [0.1, 0.15) is 18.9 Å². The van der Waals surface area contributed by atoms with Gasteiger partial charge in [0.05, 0.1) is 32.5 Å². The van der Waals surface area contributed by atoms with Crippen molar-refractivity contribution >= 4 is 11.8 Å². The number of ether oxygens (including phenoxy) is 2. The highest BCUT2D eigenvalue weighted by Gasteiger charge is 2.31. The van der Waals surface area contributed by atoms with Crippen LogP contribution in [0, 0.1) is 0 Å². The minimum atomic E-state index is -0.696. The number of aromatic nitrogens is 1. The van der Waals surface area contributed by atoms with E-state index in [9.17, 15) is 14.7 Å². The molecule has 1 aromatic heterocycles. The van der Waals surface area contributed by atoms with E-state index in [2.05, 4.69) is 10.3 Å². The lowest BCUT2D eigenvalue weighted by Crippen LogP contribution is -2.54. The topological polar surface area (TPSA) is 101 Å². The summed E-state index contributed by atoms with van der Waals surface area (Å²) in [4.78, 5) is 30.1. The number of nitrogens with one attached hydrogen (secondary N) is 1. The zero-order chi connectivity index (χ0) is 17.5. The quantitative estimate of drug-likeness (QED) is 0.716. The maximum atomic E-state index is 12.4. The summed E-state index contributed by atoms with van der Waals surface area (Å²) < 4.78 is 10.5. The maximum Gasteiger partial charge on any atom is 0.312 e. The second kappa shape index (κ2) is 8.60. The predicted octanol–water partition coefficient (Wildman–Crippen LogP) is -0.295. The average Bonchev–Trinajstić information content (AvgIpc) is 2.59. The monoisotopic (exact) mass is 337 g/mol. The number of rotatable bonds is 5. The molecule has 24 heavy (non-hydrogen) atoms. The lowest BCUT2D eigenvalue weighted by atomic mass is 10.1. The van der Waals surface area contributed by atoms with Crippen LogP contribution in [-0.4, -0.2) is 65.8 Å². The van der Waals surface area contributed by atoms with Crippen LogP contribution in [0.15, 0.2) is 18.3 Å². The standard InChI is InChI=1S/C16H23N3O5/c1-11(20)8-13-10-24-7-6-19(13)16(22)14(21)18-9-12-4-3-5-17-15(12)23-2/h3-5,11,13,20H,6-10H2,1-2H3,(H,18,21)/t11-,13-/m1/s1. The van der Waals surface area contributed by atoms with Gasteiger partial charge in [0.25, 0.3) is 0 Å². The molecule has 0 radical (unpaired) electrons. The predicted molar refractivity (Wildman–Crippen MR) is 85.3 cm³/mol. The molecule has 1 fully saturated rings. The lowest BCUT2D eigenvalue weighted by Gasteiger charge is -2.35. The Labute approximate surface area is 140 Å². The molecule has 2 heterocycles. The van der Waals surface area contributed by atoms with Gasteiger partial charge in [-0.05, 0) is 19.4 Å². The third-order valence-electron chi connectivity index (χ3n) is 3.78. The van der Waals surface area contributed by atoms with E-state index in [1.54, 1.807) is 25.3 Å². The molecular weight excluding hydrogens is 314 g/mol. The molecule has 2 rings (SSSR count). The van der Waals surface area contributed by atoms with E-state index in [1.165, 1.54) is 12.0 Å². The van der Waals surface area contributed by atoms with E-state index < -0.39 is 17.9 Å². The van der Waals surface area contributed by atoms with E-state index in [0.29, 0.717) is 37.6 Å².